The van der Waals surface area contributed by atoms with E-state index in [2.05, 4.69) is 0 Å². The molecule has 3 N–H and O–H groups in total. The zero-order chi connectivity index (χ0) is 11.7. The highest BCUT2D eigenvalue weighted by Gasteiger charge is 2.50. The smallest absolute Gasteiger partial charge is 0.347 e. The molecule has 0 spiro atoms. The fraction of sp³-hybridized carbons (Fsp3) is 0.125. The van der Waals surface area contributed by atoms with Gasteiger partial charge in [-0.3, -0.25) is 5.73 Å². The molecule has 0 radical (unpaired) electrons. The van der Waals surface area contributed by atoms with Gasteiger partial charge in [0.05, 0.1) is 0 Å². The first-order valence-corrected chi connectivity index (χ1v) is 5.20. The highest BCUT2D eigenvalue weighted by atomic mass is 32.3. The third-order valence-electron chi connectivity index (χ3n) is 1.90. The Morgan fingerprint density at radius 1 is 1.33 bits per heavy atom. The third kappa shape index (κ3) is 1.83. The lowest BCUT2D eigenvalue weighted by atomic mass is 10.1. The molecule has 0 aliphatic rings. The molecule has 0 amide bonds. The fourth-order valence-electron chi connectivity index (χ4n) is 1.05. The Hall–Kier alpha value is -1.47. The van der Waals surface area contributed by atoms with Crippen LogP contribution in [0.2, 0.25) is 0 Å². The average molecular weight is 233 g/mol. The minimum atomic E-state index is -5.44. The van der Waals surface area contributed by atoms with Crippen LogP contribution >= 0.6 is 0 Å². The molecule has 1 rings (SSSR count). The number of carboxylic acid groups (broad SMARTS) is 1. The Balaban J connectivity index is 3.46. The van der Waals surface area contributed by atoms with Crippen LogP contribution in [0, 0.1) is 0 Å². The fourth-order valence-corrected chi connectivity index (χ4v) is 1.68. The number of halogens is 1. The van der Waals surface area contributed by atoms with Crippen LogP contribution in [0.5, 0.6) is 0 Å². The molecule has 82 valence electrons. The molecule has 0 saturated carbocycles. The molecule has 0 heterocycles. The van der Waals surface area contributed by atoms with E-state index in [4.69, 9.17) is 10.8 Å². The average Bonchev–Trinajstić information content (AvgIpc) is 2.16. The van der Waals surface area contributed by atoms with E-state index in [1.165, 1.54) is 18.2 Å². The molecule has 5 nitrogen and oxygen atoms in total. The number of nitrogens with two attached hydrogens (primary N) is 1. The second-order valence-corrected chi connectivity index (χ2v) is 4.36. The predicted octanol–water partition coefficient (Wildman–Crippen LogP) is 0.182. The standard InChI is InChI=1S/C8H8FNO4S/c9-15(13,14)8(10,7(11)12)6-4-2-1-3-5-6/h1-5H,10H2,(H,11,12). The molecule has 1 atom stereocenters. The maximum atomic E-state index is 12.8. The van der Waals surface area contributed by atoms with Gasteiger partial charge >= 0.3 is 16.2 Å². The number of carboxylic acids is 1. The van der Waals surface area contributed by atoms with Crippen molar-refractivity contribution in [1.82, 2.24) is 0 Å². The topological polar surface area (TPSA) is 97.5 Å². The highest BCUT2D eigenvalue weighted by Crippen LogP contribution is 2.26. The molecule has 0 aromatic heterocycles. The monoisotopic (exact) mass is 233 g/mol. The molecule has 7 heteroatoms. The summed E-state index contributed by atoms with van der Waals surface area (Å²) < 4.78 is 34.3. The van der Waals surface area contributed by atoms with Crippen molar-refractivity contribution in [3.8, 4) is 0 Å². The Labute approximate surface area is 85.5 Å². The summed E-state index contributed by atoms with van der Waals surface area (Å²) in [6, 6.07) is 6.52. The van der Waals surface area contributed by atoms with Gasteiger partial charge in [-0.15, -0.1) is 3.89 Å². The van der Waals surface area contributed by atoms with E-state index in [0.717, 1.165) is 12.1 Å². The van der Waals surface area contributed by atoms with Gasteiger partial charge in [-0.25, -0.2) is 4.79 Å². The largest absolute Gasteiger partial charge is 0.479 e. The second kappa shape index (κ2) is 3.59. The van der Waals surface area contributed by atoms with E-state index < -0.39 is 21.1 Å². The molecule has 1 aromatic carbocycles. The number of benzene rings is 1. The van der Waals surface area contributed by atoms with Crippen LogP contribution in [0.15, 0.2) is 30.3 Å². The van der Waals surface area contributed by atoms with E-state index in [9.17, 15) is 17.1 Å². The van der Waals surface area contributed by atoms with Crippen molar-refractivity contribution < 1.29 is 22.2 Å². The zero-order valence-corrected chi connectivity index (χ0v) is 8.24. The first-order chi connectivity index (χ1) is 6.80. The summed E-state index contributed by atoms with van der Waals surface area (Å²) in [5.74, 6) is -1.96. The van der Waals surface area contributed by atoms with E-state index in [1.807, 2.05) is 0 Å². The second-order valence-electron chi connectivity index (χ2n) is 2.84. The summed E-state index contributed by atoms with van der Waals surface area (Å²) in [5.41, 5.74) is 4.74. The Morgan fingerprint density at radius 2 is 1.80 bits per heavy atom. The third-order valence-corrected chi connectivity index (χ3v) is 3.08. The van der Waals surface area contributed by atoms with Crippen molar-refractivity contribution in [3.63, 3.8) is 0 Å². The van der Waals surface area contributed by atoms with E-state index in [1.54, 1.807) is 0 Å². The predicted molar refractivity (Wildman–Crippen MR) is 50.0 cm³/mol. The van der Waals surface area contributed by atoms with Crippen molar-refractivity contribution in [2.45, 2.75) is 4.87 Å². The number of aliphatic carboxylic acids is 1. The van der Waals surface area contributed by atoms with Crippen LogP contribution in [0.1, 0.15) is 5.56 Å². The maximum Gasteiger partial charge on any atom is 0.347 e. The molecule has 0 bridgehead atoms. The van der Waals surface area contributed by atoms with Gasteiger partial charge in [-0.05, 0) is 0 Å². The van der Waals surface area contributed by atoms with Crippen LogP contribution in [0.4, 0.5) is 3.89 Å². The van der Waals surface area contributed by atoms with Crippen LogP contribution in [-0.4, -0.2) is 19.5 Å². The van der Waals surface area contributed by atoms with Crippen LogP contribution < -0.4 is 5.73 Å². The maximum absolute atomic E-state index is 12.8. The van der Waals surface area contributed by atoms with Crippen molar-refractivity contribution >= 4 is 16.2 Å². The molecular formula is C8H8FNO4S. The van der Waals surface area contributed by atoms with Gasteiger partial charge < -0.3 is 5.11 Å². The molecule has 0 aliphatic carbocycles. The number of carbonyl (C=O) groups is 1. The summed E-state index contributed by atoms with van der Waals surface area (Å²) in [4.78, 5) is 7.68. The highest BCUT2D eigenvalue weighted by molar-refractivity contribution is 7.88. The van der Waals surface area contributed by atoms with Crippen LogP contribution in [0.25, 0.3) is 0 Å². The quantitative estimate of drug-likeness (QED) is 0.726. The lowest BCUT2D eigenvalue weighted by Gasteiger charge is -2.19. The van der Waals surface area contributed by atoms with Gasteiger partial charge in [-0.1, -0.05) is 30.3 Å². The van der Waals surface area contributed by atoms with Gasteiger partial charge in [0, 0.05) is 5.56 Å². The van der Waals surface area contributed by atoms with Crippen molar-refractivity contribution in [2.24, 2.45) is 5.73 Å². The Kier molecular flexibility index (Phi) is 2.78. The van der Waals surface area contributed by atoms with Gasteiger partial charge in [-0.2, -0.15) is 8.42 Å². The zero-order valence-electron chi connectivity index (χ0n) is 7.42. The minimum Gasteiger partial charge on any atom is -0.479 e. The minimum absolute atomic E-state index is 0.333. The van der Waals surface area contributed by atoms with E-state index >= 15 is 0 Å². The van der Waals surface area contributed by atoms with Crippen molar-refractivity contribution in [3.05, 3.63) is 35.9 Å². The number of hydrogen-bond donors (Lipinski definition) is 2. The Bertz CT molecular complexity index is 473. The molecular weight excluding hydrogens is 225 g/mol. The van der Waals surface area contributed by atoms with Crippen LogP contribution in [-0.2, 0) is 19.9 Å². The van der Waals surface area contributed by atoms with Gasteiger partial charge in [0.2, 0.25) is 0 Å². The summed E-state index contributed by atoms with van der Waals surface area (Å²) >= 11 is 0. The van der Waals surface area contributed by atoms with Gasteiger partial charge in [0.15, 0.2) is 0 Å². The van der Waals surface area contributed by atoms with E-state index in [-0.39, 0.29) is 5.56 Å². The van der Waals surface area contributed by atoms with E-state index in [0.29, 0.717) is 0 Å². The van der Waals surface area contributed by atoms with Crippen LogP contribution in [0.3, 0.4) is 0 Å². The molecule has 1 unspecified atom stereocenters. The molecule has 1 aromatic rings. The summed E-state index contributed by atoms with van der Waals surface area (Å²) in [5, 5.41) is 8.68. The lowest BCUT2D eigenvalue weighted by molar-refractivity contribution is -0.140. The first kappa shape index (κ1) is 11.6. The van der Waals surface area contributed by atoms with Crippen molar-refractivity contribution in [2.75, 3.05) is 0 Å². The SMILES string of the molecule is NC(C(=O)O)(c1ccccc1)S(=O)(=O)F. The molecule has 0 fully saturated rings. The lowest BCUT2D eigenvalue weighted by Crippen LogP contribution is -2.49. The number of hydrogen-bond acceptors (Lipinski definition) is 4. The summed E-state index contributed by atoms with van der Waals surface area (Å²) in [6.45, 7) is 0. The normalized spacial score (nSPS) is 15.6. The summed E-state index contributed by atoms with van der Waals surface area (Å²) in [6.07, 6.45) is 0. The van der Waals surface area contributed by atoms with Gasteiger partial charge in [0.1, 0.15) is 0 Å². The molecule has 15 heavy (non-hydrogen) atoms. The van der Waals surface area contributed by atoms with Gasteiger partial charge in [0.25, 0.3) is 4.87 Å². The first-order valence-electron chi connectivity index (χ1n) is 3.82. The molecule has 0 saturated heterocycles. The Morgan fingerprint density at radius 3 is 2.13 bits per heavy atom. The molecule has 0 aliphatic heterocycles. The summed E-state index contributed by atoms with van der Waals surface area (Å²) in [7, 11) is -5.44. The van der Waals surface area contributed by atoms with Crippen molar-refractivity contribution in [1.29, 1.82) is 0 Å². The number of rotatable bonds is 3.